The van der Waals surface area contributed by atoms with E-state index in [-0.39, 0.29) is 11.8 Å². The van der Waals surface area contributed by atoms with Crippen molar-refractivity contribution in [2.75, 3.05) is 12.9 Å². The van der Waals surface area contributed by atoms with Crippen LogP contribution in [0, 0.1) is 5.92 Å². The number of methoxy groups -OCH3 is 1. The first-order chi connectivity index (χ1) is 9.93. The number of esters is 1. The summed E-state index contributed by atoms with van der Waals surface area (Å²) in [4.78, 5) is 24.5. The molecule has 0 saturated heterocycles. The van der Waals surface area contributed by atoms with E-state index >= 15 is 0 Å². The molecule has 1 aromatic carbocycles. The van der Waals surface area contributed by atoms with E-state index in [1.54, 1.807) is 11.8 Å². The number of carbonyl (C=O) groups excluding carboxylic acids is 2. The largest absolute Gasteiger partial charge is 0.467 e. The second-order valence-corrected chi connectivity index (χ2v) is 6.47. The molecule has 0 aromatic heterocycles. The van der Waals surface area contributed by atoms with Crippen molar-refractivity contribution in [1.29, 1.82) is 0 Å². The van der Waals surface area contributed by atoms with Gasteiger partial charge in [0.1, 0.15) is 6.04 Å². The zero-order valence-corrected chi connectivity index (χ0v) is 14.0. The van der Waals surface area contributed by atoms with Crippen molar-refractivity contribution in [1.82, 2.24) is 5.32 Å². The molecule has 1 amide bonds. The van der Waals surface area contributed by atoms with Gasteiger partial charge in [-0.05, 0) is 30.2 Å². The van der Waals surface area contributed by atoms with Crippen molar-refractivity contribution >= 4 is 35.2 Å². The Balaban J connectivity index is 2.39. The highest BCUT2D eigenvalue weighted by Gasteiger charge is 2.24. The van der Waals surface area contributed by atoms with Gasteiger partial charge < -0.3 is 10.1 Å². The fraction of sp³-hybridized carbons (Fsp3) is 0.467. The van der Waals surface area contributed by atoms with E-state index in [1.807, 2.05) is 38.1 Å². The first-order valence-corrected chi connectivity index (χ1v) is 8.06. The molecule has 1 atom stereocenters. The average molecular weight is 330 g/mol. The zero-order valence-electron chi connectivity index (χ0n) is 12.4. The smallest absolute Gasteiger partial charge is 0.328 e. The molecule has 0 aliphatic carbocycles. The van der Waals surface area contributed by atoms with Crippen LogP contribution in [0.2, 0.25) is 5.02 Å². The summed E-state index contributed by atoms with van der Waals surface area (Å²) in [7, 11) is 1.32. The van der Waals surface area contributed by atoms with Crippen molar-refractivity contribution in [2.24, 2.45) is 5.92 Å². The lowest BCUT2D eigenvalue weighted by molar-refractivity contribution is -0.146. The average Bonchev–Trinajstić information content (AvgIpc) is 2.45. The van der Waals surface area contributed by atoms with E-state index in [9.17, 15) is 9.59 Å². The lowest BCUT2D eigenvalue weighted by atomic mass is 10.0. The van der Waals surface area contributed by atoms with Crippen LogP contribution in [0.3, 0.4) is 0 Å². The Kier molecular flexibility index (Phi) is 7.61. The fourth-order valence-corrected chi connectivity index (χ4v) is 2.64. The first-order valence-electron chi connectivity index (χ1n) is 6.69. The number of benzene rings is 1. The number of hydrogen-bond acceptors (Lipinski definition) is 4. The minimum Gasteiger partial charge on any atom is -0.467 e. The summed E-state index contributed by atoms with van der Waals surface area (Å²) in [5.74, 6) is 0.0639. The van der Waals surface area contributed by atoms with Crippen LogP contribution in [0.4, 0.5) is 0 Å². The van der Waals surface area contributed by atoms with Crippen LogP contribution < -0.4 is 5.32 Å². The molecule has 0 heterocycles. The predicted molar refractivity (Wildman–Crippen MR) is 85.6 cm³/mol. The Morgan fingerprint density at radius 2 is 1.90 bits per heavy atom. The zero-order chi connectivity index (χ0) is 15.8. The molecule has 0 aliphatic heterocycles. The molecule has 1 aromatic rings. The Labute approximate surface area is 134 Å². The molecule has 1 rings (SSSR count). The molecule has 0 spiro atoms. The Bertz CT molecular complexity index is 476. The summed E-state index contributed by atoms with van der Waals surface area (Å²) in [5.41, 5.74) is 0. The third-order valence-corrected chi connectivity index (χ3v) is 4.12. The summed E-state index contributed by atoms with van der Waals surface area (Å²) >= 11 is 7.38. The monoisotopic (exact) mass is 329 g/mol. The van der Waals surface area contributed by atoms with Crippen molar-refractivity contribution in [3.8, 4) is 0 Å². The van der Waals surface area contributed by atoms with Crippen LogP contribution in [0.1, 0.15) is 20.3 Å². The topological polar surface area (TPSA) is 55.4 Å². The van der Waals surface area contributed by atoms with Crippen LogP contribution >= 0.6 is 23.4 Å². The molecular weight excluding hydrogens is 310 g/mol. The van der Waals surface area contributed by atoms with Gasteiger partial charge in [-0.3, -0.25) is 4.79 Å². The molecule has 0 fully saturated rings. The molecule has 4 nitrogen and oxygen atoms in total. The fourth-order valence-electron chi connectivity index (χ4n) is 1.66. The van der Waals surface area contributed by atoms with Gasteiger partial charge in [-0.15, -0.1) is 11.8 Å². The van der Waals surface area contributed by atoms with Crippen molar-refractivity contribution < 1.29 is 14.3 Å². The summed E-state index contributed by atoms with van der Waals surface area (Å²) in [6.07, 6.45) is 0.341. The van der Waals surface area contributed by atoms with Gasteiger partial charge >= 0.3 is 5.97 Å². The molecule has 0 saturated carbocycles. The number of ether oxygens (including phenoxy) is 1. The molecule has 1 unspecified atom stereocenters. The normalized spacial score (nSPS) is 12.0. The van der Waals surface area contributed by atoms with E-state index in [2.05, 4.69) is 10.1 Å². The van der Waals surface area contributed by atoms with E-state index in [4.69, 9.17) is 11.6 Å². The summed E-state index contributed by atoms with van der Waals surface area (Å²) in [5, 5.41) is 3.40. The maximum absolute atomic E-state index is 11.9. The van der Waals surface area contributed by atoms with Gasteiger partial charge in [0.15, 0.2) is 0 Å². The number of thioether (sulfide) groups is 1. The number of rotatable bonds is 7. The third kappa shape index (κ3) is 6.40. The summed E-state index contributed by atoms with van der Waals surface area (Å²) < 4.78 is 4.69. The molecule has 1 N–H and O–H groups in total. The van der Waals surface area contributed by atoms with E-state index in [1.165, 1.54) is 7.11 Å². The molecule has 0 bridgehead atoms. The highest BCUT2D eigenvalue weighted by Crippen LogP contribution is 2.20. The minimum atomic E-state index is -0.594. The van der Waals surface area contributed by atoms with Gasteiger partial charge in [0, 0.05) is 22.1 Å². The van der Waals surface area contributed by atoms with Gasteiger partial charge in [-0.1, -0.05) is 25.4 Å². The lowest BCUT2D eigenvalue weighted by Gasteiger charge is -2.19. The predicted octanol–water partition coefficient (Wildman–Crippen LogP) is 3.14. The maximum atomic E-state index is 11.9. The standard InChI is InChI=1S/C15H20ClNO3S/c1-10(2)14(15(19)20-3)17-13(18)8-9-21-12-6-4-11(16)5-7-12/h4-7,10,14H,8-9H2,1-3H3,(H,17,18). The first kappa shape index (κ1) is 17.9. The number of hydrogen-bond donors (Lipinski definition) is 1. The number of carbonyl (C=O) groups is 2. The van der Waals surface area contributed by atoms with Crippen molar-refractivity contribution in [2.45, 2.75) is 31.2 Å². The van der Waals surface area contributed by atoms with Crippen LogP contribution in [0.25, 0.3) is 0 Å². The van der Waals surface area contributed by atoms with E-state index in [0.29, 0.717) is 17.2 Å². The van der Waals surface area contributed by atoms with Crippen LogP contribution in [0.5, 0.6) is 0 Å². The maximum Gasteiger partial charge on any atom is 0.328 e. The van der Waals surface area contributed by atoms with Gasteiger partial charge in [0.05, 0.1) is 7.11 Å². The lowest BCUT2D eigenvalue weighted by Crippen LogP contribution is -2.45. The van der Waals surface area contributed by atoms with Crippen molar-refractivity contribution in [3.63, 3.8) is 0 Å². The van der Waals surface area contributed by atoms with Crippen LogP contribution in [-0.4, -0.2) is 30.8 Å². The minimum absolute atomic E-state index is 0.00896. The van der Waals surface area contributed by atoms with Gasteiger partial charge in [-0.2, -0.15) is 0 Å². The van der Waals surface area contributed by atoms with Crippen LogP contribution in [0.15, 0.2) is 29.2 Å². The Morgan fingerprint density at radius 1 is 1.29 bits per heavy atom. The summed E-state index contributed by atoms with van der Waals surface area (Å²) in [6, 6.07) is 6.86. The van der Waals surface area contributed by atoms with Gasteiger partial charge in [0.2, 0.25) is 5.91 Å². The van der Waals surface area contributed by atoms with E-state index < -0.39 is 12.0 Å². The van der Waals surface area contributed by atoms with Gasteiger partial charge in [-0.25, -0.2) is 4.79 Å². The van der Waals surface area contributed by atoms with Crippen molar-refractivity contribution in [3.05, 3.63) is 29.3 Å². The molecule has 116 valence electrons. The molecular formula is C15H20ClNO3S. The summed E-state index contributed by atoms with van der Waals surface area (Å²) in [6.45, 7) is 3.73. The van der Waals surface area contributed by atoms with Gasteiger partial charge in [0.25, 0.3) is 0 Å². The second-order valence-electron chi connectivity index (χ2n) is 4.86. The highest BCUT2D eigenvalue weighted by molar-refractivity contribution is 7.99. The molecule has 21 heavy (non-hydrogen) atoms. The number of halogens is 1. The third-order valence-electron chi connectivity index (χ3n) is 2.85. The number of nitrogens with one attached hydrogen (secondary N) is 1. The van der Waals surface area contributed by atoms with E-state index in [0.717, 1.165) is 4.90 Å². The number of amides is 1. The van der Waals surface area contributed by atoms with Crippen LogP contribution in [-0.2, 0) is 14.3 Å². The molecule has 6 heteroatoms. The second kappa shape index (κ2) is 8.95. The Hall–Kier alpha value is -1.20. The Morgan fingerprint density at radius 3 is 2.43 bits per heavy atom. The molecule has 0 radical (unpaired) electrons. The molecule has 0 aliphatic rings. The SMILES string of the molecule is COC(=O)C(NC(=O)CCSc1ccc(Cl)cc1)C(C)C. The quantitative estimate of drug-likeness (QED) is 0.617. The highest BCUT2D eigenvalue weighted by atomic mass is 35.5.